The van der Waals surface area contributed by atoms with Crippen LogP contribution in [0.4, 0.5) is 0 Å². The second kappa shape index (κ2) is 3.83. The maximum absolute atomic E-state index is 11.3. The highest BCUT2D eigenvalue weighted by atomic mass is 16.4. The number of benzene rings is 1. The molecule has 0 saturated heterocycles. The number of aromatic carboxylic acids is 1. The average Bonchev–Trinajstić information content (AvgIpc) is 3.06. The molecule has 1 aromatic carbocycles. The predicted molar refractivity (Wildman–Crippen MR) is 73.7 cm³/mol. The summed E-state index contributed by atoms with van der Waals surface area (Å²) in [6.45, 7) is 6.40. The highest BCUT2D eigenvalue weighted by Crippen LogP contribution is 2.42. The number of carbonyl (C=O) groups is 1. The van der Waals surface area contributed by atoms with Gasteiger partial charge < -0.3 is 9.67 Å². The van der Waals surface area contributed by atoms with Gasteiger partial charge in [-0.05, 0) is 45.7 Å². The van der Waals surface area contributed by atoms with Gasteiger partial charge in [-0.2, -0.15) is 0 Å². The van der Waals surface area contributed by atoms with Gasteiger partial charge in [-0.3, -0.25) is 0 Å². The number of carboxylic acid groups (broad SMARTS) is 1. The van der Waals surface area contributed by atoms with Crippen molar-refractivity contribution in [1.29, 1.82) is 0 Å². The lowest BCUT2D eigenvalue weighted by Crippen LogP contribution is -2.23. The van der Waals surface area contributed by atoms with Crippen LogP contribution in [0.2, 0.25) is 0 Å². The molecular weight excluding hydrogens is 240 g/mol. The van der Waals surface area contributed by atoms with Gasteiger partial charge in [-0.1, -0.05) is 6.07 Å². The summed E-state index contributed by atoms with van der Waals surface area (Å²) >= 11 is 0. The van der Waals surface area contributed by atoms with E-state index >= 15 is 0 Å². The second-order valence-electron chi connectivity index (χ2n) is 6.23. The Kier molecular flexibility index (Phi) is 2.46. The predicted octanol–water partition coefficient (Wildman–Crippen LogP) is 3.37. The van der Waals surface area contributed by atoms with Gasteiger partial charge in [-0.15, -0.1) is 0 Å². The largest absolute Gasteiger partial charge is 0.478 e. The number of hydrogen-bond donors (Lipinski definition) is 1. The molecule has 0 amide bonds. The molecule has 4 heteroatoms. The summed E-state index contributed by atoms with van der Waals surface area (Å²) in [5.41, 5.74) is 1.74. The molecule has 1 saturated carbocycles. The van der Waals surface area contributed by atoms with E-state index < -0.39 is 5.97 Å². The van der Waals surface area contributed by atoms with Crippen molar-refractivity contribution in [2.24, 2.45) is 0 Å². The van der Waals surface area contributed by atoms with Crippen LogP contribution in [-0.2, 0) is 5.54 Å². The third kappa shape index (κ3) is 1.91. The summed E-state index contributed by atoms with van der Waals surface area (Å²) in [7, 11) is 0. The van der Waals surface area contributed by atoms with Crippen molar-refractivity contribution >= 4 is 17.0 Å². The van der Waals surface area contributed by atoms with Crippen molar-refractivity contribution < 1.29 is 9.90 Å². The molecular formula is C15H18N2O2. The van der Waals surface area contributed by atoms with Crippen LogP contribution >= 0.6 is 0 Å². The number of aromatic nitrogens is 2. The smallest absolute Gasteiger partial charge is 0.337 e. The number of fused-ring (bicyclic) bond motifs is 1. The molecule has 0 unspecified atom stereocenters. The van der Waals surface area contributed by atoms with E-state index in [1.807, 2.05) is 6.07 Å². The highest BCUT2D eigenvalue weighted by molar-refractivity contribution is 6.01. The maximum Gasteiger partial charge on any atom is 0.337 e. The summed E-state index contributed by atoms with van der Waals surface area (Å²) in [5, 5.41) is 9.29. The van der Waals surface area contributed by atoms with Gasteiger partial charge in [0, 0.05) is 11.5 Å². The molecule has 19 heavy (non-hydrogen) atoms. The quantitative estimate of drug-likeness (QED) is 0.898. The number of hydrogen-bond acceptors (Lipinski definition) is 2. The standard InChI is InChI=1S/C15H18N2O2/c1-15(2,3)17-11-6-4-5-10(14(18)19)12(11)16-13(17)9-7-8-9/h4-6,9H,7-8H2,1-3H3,(H,18,19). The molecule has 1 aliphatic rings. The van der Waals surface area contributed by atoms with Crippen LogP contribution in [0.1, 0.15) is 55.7 Å². The van der Waals surface area contributed by atoms with E-state index in [0.29, 0.717) is 17.0 Å². The van der Waals surface area contributed by atoms with Gasteiger partial charge in [0.15, 0.2) is 0 Å². The zero-order valence-corrected chi connectivity index (χ0v) is 11.5. The van der Waals surface area contributed by atoms with E-state index in [2.05, 4.69) is 30.3 Å². The summed E-state index contributed by atoms with van der Waals surface area (Å²) in [4.78, 5) is 16.0. The van der Waals surface area contributed by atoms with Crippen LogP contribution in [0.25, 0.3) is 11.0 Å². The summed E-state index contributed by atoms with van der Waals surface area (Å²) in [6, 6.07) is 5.39. The molecule has 0 atom stereocenters. The molecule has 1 aliphatic carbocycles. The van der Waals surface area contributed by atoms with Gasteiger partial charge >= 0.3 is 5.97 Å². The molecule has 2 aromatic rings. The van der Waals surface area contributed by atoms with Crippen LogP contribution in [0.5, 0.6) is 0 Å². The van der Waals surface area contributed by atoms with Crippen LogP contribution in [0.3, 0.4) is 0 Å². The minimum atomic E-state index is -0.911. The zero-order valence-electron chi connectivity index (χ0n) is 11.5. The van der Waals surface area contributed by atoms with Crippen LogP contribution < -0.4 is 0 Å². The van der Waals surface area contributed by atoms with Gasteiger partial charge in [0.25, 0.3) is 0 Å². The van der Waals surface area contributed by atoms with Gasteiger partial charge in [0.05, 0.1) is 11.1 Å². The van der Waals surface area contributed by atoms with E-state index in [1.165, 1.54) is 0 Å². The molecule has 1 fully saturated rings. The molecule has 0 radical (unpaired) electrons. The topological polar surface area (TPSA) is 55.1 Å². The number of imidazole rings is 1. The monoisotopic (exact) mass is 258 g/mol. The van der Waals surface area contributed by atoms with Crippen molar-refractivity contribution in [1.82, 2.24) is 9.55 Å². The Labute approximate surface area is 112 Å². The Balaban J connectivity index is 2.36. The normalized spacial score (nSPS) is 15.9. The third-order valence-electron chi connectivity index (χ3n) is 3.55. The fraction of sp³-hybridized carbons (Fsp3) is 0.467. The lowest BCUT2D eigenvalue weighted by Gasteiger charge is -2.24. The number of rotatable bonds is 2. The highest BCUT2D eigenvalue weighted by Gasteiger charge is 2.33. The number of para-hydroxylation sites is 1. The first kappa shape index (κ1) is 12.2. The fourth-order valence-electron chi connectivity index (χ4n) is 2.61. The van der Waals surface area contributed by atoms with Crippen molar-refractivity contribution in [3.05, 3.63) is 29.6 Å². The van der Waals surface area contributed by atoms with Gasteiger partial charge in [0.1, 0.15) is 11.3 Å². The van der Waals surface area contributed by atoms with E-state index in [9.17, 15) is 9.90 Å². The Morgan fingerprint density at radius 2 is 2.05 bits per heavy atom. The molecule has 1 aromatic heterocycles. The Hall–Kier alpha value is -1.84. The van der Waals surface area contributed by atoms with Crippen molar-refractivity contribution in [2.45, 2.75) is 45.1 Å². The van der Waals surface area contributed by atoms with E-state index in [0.717, 1.165) is 24.2 Å². The Bertz CT molecular complexity index is 661. The fourth-order valence-corrected chi connectivity index (χ4v) is 2.61. The molecule has 3 rings (SSSR count). The second-order valence-corrected chi connectivity index (χ2v) is 6.23. The Morgan fingerprint density at radius 3 is 2.58 bits per heavy atom. The number of carboxylic acids is 1. The number of nitrogens with zero attached hydrogens (tertiary/aromatic N) is 2. The first-order valence-electron chi connectivity index (χ1n) is 6.64. The van der Waals surface area contributed by atoms with Crippen LogP contribution in [-0.4, -0.2) is 20.6 Å². The average molecular weight is 258 g/mol. The lowest BCUT2D eigenvalue weighted by atomic mass is 10.1. The van der Waals surface area contributed by atoms with E-state index in [4.69, 9.17) is 0 Å². The summed E-state index contributed by atoms with van der Waals surface area (Å²) in [5.74, 6) is 0.621. The van der Waals surface area contributed by atoms with Crippen molar-refractivity contribution in [2.75, 3.05) is 0 Å². The minimum Gasteiger partial charge on any atom is -0.478 e. The first-order valence-corrected chi connectivity index (χ1v) is 6.64. The molecule has 0 aliphatic heterocycles. The first-order chi connectivity index (χ1) is 8.89. The molecule has 0 spiro atoms. The summed E-state index contributed by atoms with van der Waals surface area (Å²) < 4.78 is 2.20. The third-order valence-corrected chi connectivity index (χ3v) is 3.55. The lowest BCUT2D eigenvalue weighted by molar-refractivity contribution is 0.0699. The summed E-state index contributed by atoms with van der Waals surface area (Å²) in [6.07, 6.45) is 2.31. The van der Waals surface area contributed by atoms with Gasteiger partial charge in [-0.25, -0.2) is 9.78 Å². The Morgan fingerprint density at radius 1 is 1.37 bits per heavy atom. The van der Waals surface area contributed by atoms with Crippen molar-refractivity contribution in [3.8, 4) is 0 Å². The molecule has 1 heterocycles. The van der Waals surface area contributed by atoms with E-state index in [-0.39, 0.29) is 5.54 Å². The van der Waals surface area contributed by atoms with Crippen LogP contribution in [0, 0.1) is 0 Å². The molecule has 0 bridgehead atoms. The van der Waals surface area contributed by atoms with E-state index in [1.54, 1.807) is 12.1 Å². The minimum absolute atomic E-state index is 0.0935. The van der Waals surface area contributed by atoms with Crippen LogP contribution in [0.15, 0.2) is 18.2 Å². The van der Waals surface area contributed by atoms with Crippen molar-refractivity contribution in [3.63, 3.8) is 0 Å². The maximum atomic E-state index is 11.3. The SMILES string of the molecule is CC(C)(C)n1c(C2CC2)nc2c(C(=O)O)cccc21. The van der Waals surface area contributed by atoms with Gasteiger partial charge in [0.2, 0.25) is 0 Å². The molecule has 4 nitrogen and oxygen atoms in total. The molecule has 100 valence electrons. The zero-order chi connectivity index (χ0) is 13.8. The molecule has 1 N–H and O–H groups in total.